The van der Waals surface area contributed by atoms with Crippen molar-refractivity contribution in [3.05, 3.63) is 84.4 Å². The zero-order chi connectivity index (χ0) is 31.6. The van der Waals surface area contributed by atoms with Crippen LogP contribution in [0.15, 0.2) is 72.2 Å². The maximum absolute atomic E-state index is 14.7. The third-order valence-corrected chi connectivity index (χ3v) is 8.11. The van der Waals surface area contributed by atoms with Crippen molar-refractivity contribution in [2.75, 3.05) is 30.3 Å². The molecule has 234 valence electrons. The largest absolute Gasteiger partial charge is 0.398 e. The molecule has 0 aliphatic carbocycles. The number of rotatable bonds is 2. The Balaban J connectivity index is 1.21. The average molecular weight is 625 g/mol. The topological polar surface area (TPSA) is 148 Å². The van der Waals surface area contributed by atoms with Crippen molar-refractivity contribution in [1.82, 2.24) is 35.5 Å². The van der Waals surface area contributed by atoms with Crippen LogP contribution in [0.1, 0.15) is 24.8 Å². The summed E-state index contributed by atoms with van der Waals surface area (Å²) in [6.45, 7) is 1.40. The third kappa shape index (κ3) is 5.70. The summed E-state index contributed by atoms with van der Waals surface area (Å²) in [6, 6.07) is 11.8. The molecule has 2 atom stereocenters. The third-order valence-electron chi connectivity index (χ3n) is 8.11. The number of aromatic nitrogens is 5. The van der Waals surface area contributed by atoms with E-state index in [2.05, 4.69) is 35.8 Å². The maximum atomic E-state index is 14.7. The van der Waals surface area contributed by atoms with Gasteiger partial charge in [-0.1, -0.05) is 12.1 Å². The quantitative estimate of drug-likeness (QED) is 0.251. The molecule has 14 heteroatoms. The second-order valence-electron chi connectivity index (χ2n) is 11.1. The minimum atomic E-state index is -0.782. The standard InChI is InChI=1S/C32H30F2N10O2/c33-20-6-7-27(25(34)13-20)44-31-24(16-41-44)30(39-18-40-31)43-17-21-14-28(43)32(45)38-10-2-1-9-36-15-23-22(4-3-5-26(23)35)19-8-11-37-29(12-19)46-42-21/h3-8,11-13,15-16,18,21,28,42H,1-2,9-10,14,17,35H2,(H,38,45). The Morgan fingerprint density at radius 2 is 1.96 bits per heavy atom. The number of halogens is 2. The van der Waals surface area contributed by atoms with Gasteiger partial charge >= 0.3 is 0 Å². The summed E-state index contributed by atoms with van der Waals surface area (Å²) in [5.41, 5.74) is 13.0. The molecule has 7 rings (SSSR count). The molecule has 4 bridgehead atoms. The molecule has 46 heavy (non-hydrogen) atoms. The Morgan fingerprint density at radius 1 is 1.04 bits per heavy atom. The van der Waals surface area contributed by atoms with Crippen molar-refractivity contribution < 1.29 is 18.4 Å². The number of carbonyl (C=O) groups is 1. The summed E-state index contributed by atoms with van der Waals surface area (Å²) >= 11 is 0. The summed E-state index contributed by atoms with van der Waals surface area (Å²) in [5.74, 6) is -0.847. The fourth-order valence-corrected chi connectivity index (χ4v) is 5.86. The lowest BCUT2D eigenvalue weighted by Gasteiger charge is -2.25. The van der Waals surface area contributed by atoms with Crippen molar-refractivity contribution in [3.8, 4) is 22.7 Å². The summed E-state index contributed by atoms with van der Waals surface area (Å²) in [5, 5.41) is 7.89. The molecule has 2 aromatic carbocycles. The van der Waals surface area contributed by atoms with Crippen LogP contribution < -0.4 is 26.3 Å². The molecule has 2 aliphatic rings. The van der Waals surface area contributed by atoms with Gasteiger partial charge < -0.3 is 20.8 Å². The number of aliphatic imine (C=N–C) groups is 1. The Bertz CT molecular complexity index is 1950. The van der Waals surface area contributed by atoms with Gasteiger partial charge in [-0.2, -0.15) is 5.10 Å². The molecule has 0 saturated carbocycles. The SMILES string of the molecule is Nc1cccc2c1C=NCCCCNC(=O)C1CC(CN1c1ncnc3c1cnn3-c1ccc(F)cc1F)NOc1cc-2ccn1. The van der Waals surface area contributed by atoms with Gasteiger partial charge in [0.15, 0.2) is 11.5 Å². The number of fused-ring (bicyclic) bond motifs is 7. The van der Waals surface area contributed by atoms with Crippen LogP contribution in [-0.2, 0) is 4.79 Å². The smallest absolute Gasteiger partial charge is 0.242 e. The van der Waals surface area contributed by atoms with E-state index in [1.165, 1.54) is 23.3 Å². The number of amides is 1. The first-order valence-corrected chi connectivity index (χ1v) is 14.9. The number of hydroxylamine groups is 1. The van der Waals surface area contributed by atoms with Crippen LogP contribution in [0.4, 0.5) is 20.3 Å². The van der Waals surface area contributed by atoms with E-state index in [-0.39, 0.29) is 17.6 Å². The molecule has 2 aliphatic heterocycles. The molecule has 2 unspecified atom stereocenters. The highest BCUT2D eigenvalue weighted by molar-refractivity contribution is 5.96. The summed E-state index contributed by atoms with van der Waals surface area (Å²) < 4.78 is 29.6. The first-order chi connectivity index (χ1) is 22.5. The van der Waals surface area contributed by atoms with Crippen molar-refractivity contribution in [3.63, 3.8) is 0 Å². The normalized spacial score (nSPS) is 18.8. The van der Waals surface area contributed by atoms with Crippen LogP contribution in [0.25, 0.3) is 27.8 Å². The Labute approximate surface area is 262 Å². The molecule has 4 N–H and O–H groups in total. The van der Waals surface area contributed by atoms with Crippen molar-refractivity contribution in [1.29, 1.82) is 0 Å². The minimum absolute atomic E-state index is 0.0399. The van der Waals surface area contributed by atoms with E-state index in [9.17, 15) is 13.6 Å². The lowest BCUT2D eigenvalue weighted by Crippen LogP contribution is -2.44. The Morgan fingerprint density at radius 3 is 2.85 bits per heavy atom. The number of nitrogens with one attached hydrogen (secondary N) is 2. The van der Waals surface area contributed by atoms with Crippen LogP contribution in [0.5, 0.6) is 5.88 Å². The molecule has 12 nitrogen and oxygen atoms in total. The van der Waals surface area contributed by atoms with E-state index in [0.29, 0.717) is 54.5 Å². The van der Waals surface area contributed by atoms with Gasteiger partial charge in [0.05, 0.1) is 17.6 Å². The number of nitrogens with zero attached hydrogens (tertiary/aromatic N) is 7. The van der Waals surface area contributed by atoms with E-state index < -0.39 is 17.7 Å². The highest BCUT2D eigenvalue weighted by Gasteiger charge is 2.39. The van der Waals surface area contributed by atoms with Crippen molar-refractivity contribution in [2.45, 2.75) is 31.3 Å². The first-order valence-electron chi connectivity index (χ1n) is 14.9. The molecule has 1 saturated heterocycles. The van der Waals surface area contributed by atoms with Crippen LogP contribution >= 0.6 is 0 Å². The monoisotopic (exact) mass is 624 g/mol. The zero-order valence-corrected chi connectivity index (χ0v) is 24.6. The number of carbonyl (C=O) groups excluding carboxylic acids is 1. The average Bonchev–Trinajstić information content (AvgIpc) is 3.68. The number of hydrogen-bond donors (Lipinski definition) is 3. The fraction of sp³-hybridized carbons (Fsp3) is 0.250. The highest BCUT2D eigenvalue weighted by Crippen LogP contribution is 2.32. The predicted molar refractivity (Wildman–Crippen MR) is 169 cm³/mol. The number of benzene rings is 2. The second-order valence-corrected chi connectivity index (χ2v) is 11.1. The van der Waals surface area contributed by atoms with Gasteiger partial charge in [0.2, 0.25) is 11.8 Å². The van der Waals surface area contributed by atoms with E-state index in [1.807, 2.05) is 35.2 Å². The molecule has 0 spiro atoms. The van der Waals surface area contributed by atoms with E-state index in [0.717, 1.165) is 41.7 Å². The molecular formula is C32H30F2N10O2. The molecule has 1 fully saturated rings. The van der Waals surface area contributed by atoms with Gasteiger partial charge in [-0.15, -0.1) is 5.48 Å². The zero-order valence-electron chi connectivity index (χ0n) is 24.6. The first kappa shape index (κ1) is 29.2. The summed E-state index contributed by atoms with van der Waals surface area (Å²) in [4.78, 5) is 39.2. The van der Waals surface area contributed by atoms with Gasteiger partial charge in [-0.3, -0.25) is 9.79 Å². The number of nitrogens with two attached hydrogens (primary N) is 1. The number of anilines is 2. The fourth-order valence-electron chi connectivity index (χ4n) is 5.86. The Hall–Kier alpha value is -5.50. The molecular weight excluding hydrogens is 594 g/mol. The van der Waals surface area contributed by atoms with Gasteiger partial charge in [-0.25, -0.2) is 28.4 Å². The number of hydrogen-bond acceptors (Lipinski definition) is 10. The van der Waals surface area contributed by atoms with Crippen LogP contribution in [0, 0.1) is 11.6 Å². The lowest BCUT2D eigenvalue weighted by atomic mass is 9.99. The van der Waals surface area contributed by atoms with Gasteiger partial charge in [0, 0.05) is 55.4 Å². The van der Waals surface area contributed by atoms with Crippen LogP contribution in [0.2, 0.25) is 0 Å². The summed E-state index contributed by atoms with van der Waals surface area (Å²) in [6.07, 6.45) is 8.22. The highest BCUT2D eigenvalue weighted by atomic mass is 19.1. The molecule has 1 amide bonds. The second kappa shape index (κ2) is 12.5. The minimum Gasteiger partial charge on any atom is -0.398 e. The maximum Gasteiger partial charge on any atom is 0.242 e. The summed E-state index contributed by atoms with van der Waals surface area (Å²) in [7, 11) is 0. The van der Waals surface area contributed by atoms with Gasteiger partial charge in [0.1, 0.15) is 29.7 Å². The number of nitrogen functional groups attached to an aromatic ring is 1. The molecule has 3 aromatic heterocycles. The Kier molecular flexibility index (Phi) is 7.93. The lowest BCUT2D eigenvalue weighted by molar-refractivity contribution is -0.122. The van der Waals surface area contributed by atoms with Gasteiger partial charge in [-0.05, 0) is 54.7 Å². The van der Waals surface area contributed by atoms with E-state index >= 15 is 0 Å². The van der Waals surface area contributed by atoms with E-state index in [1.54, 1.807) is 12.4 Å². The number of pyridine rings is 1. The van der Waals surface area contributed by atoms with Crippen molar-refractivity contribution >= 4 is 34.7 Å². The van der Waals surface area contributed by atoms with Crippen LogP contribution in [0.3, 0.4) is 0 Å². The van der Waals surface area contributed by atoms with E-state index in [4.69, 9.17) is 10.6 Å². The molecule has 0 radical (unpaired) electrons. The predicted octanol–water partition coefficient (Wildman–Crippen LogP) is 3.60. The van der Waals surface area contributed by atoms with Crippen LogP contribution in [-0.4, -0.2) is 68.6 Å². The molecule has 5 heterocycles. The molecule has 5 aromatic rings. The van der Waals surface area contributed by atoms with Crippen molar-refractivity contribution in [2.24, 2.45) is 4.99 Å². The van der Waals surface area contributed by atoms with Gasteiger partial charge in [0.25, 0.3) is 0 Å².